The fourth-order valence-corrected chi connectivity index (χ4v) is 1.82. The number of rotatable bonds is 3. The van der Waals surface area contributed by atoms with Crippen LogP contribution in [0.5, 0.6) is 0 Å². The summed E-state index contributed by atoms with van der Waals surface area (Å²) in [7, 11) is 0. The van der Waals surface area contributed by atoms with Gasteiger partial charge >= 0.3 is 0 Å². The summed E-state index contributed by atoms with van der Waals surface area (Å²) >= 11 is 0. The van der Waals surface area contributed by atoms with Gasteiger partial charge in [0, 0.05) is 5.56 Å². The second kappa shape index (κ2) is 3.54. The molecule has 0 saturated carbocycles. The number of hydrogen-bond acceptors (Lipinski definition) is 2. The molecule has 0 amide bonds. The Labute approximate surface area is 79.6 Å². The van der Waals surface area contributed by atoms with E-state index in [1.165, 1.54) is 0 Å². The number of aliphatic hydroxyl groups is 1. The highest BCUT2D eigenvalue weighted by molar-refractivity contribution is 5.25. The van der Waals surface area contributed by atoms with Gasteiger partial charge in [-0.25, -0.2) is 0 Å². The second-order valence-electron chi connectivity index (χ2n) is 4.34. The fourth-order valence-electron chi connectivity index (χ4n) is 1.82. The lowest BCUT2D eigenvalue weighted by molar-refractivity contribution is 0.0338. The molecule has 0 fully saturated rings. The van der Waals surface area contributed by atoms with E-state index in [-0.39, 0.29) is 0 Å². The third-order valence-corrected chi connectivity index (χ3v) is 2.24. The first-order valence-electron chi connectivity index (χ1n) is 4.69. The summed E-state index contributed by atoms with van der Waals surface area (Å²) in [5.74, 6) is 0.476. The van der Waals surface area contributed by atoms with Crippen LogP contribution >= 0.6 is 0 Å². The Morgan fingerprint density at radius 1 is 1.46 bits per heavy atom. The van der Waals surface area contributed by atoms with Crippen molar-refractivity contribution >= 4 is 0 Å². The Hall–Kier alpha value is -0.760. The molecule has 0 aliphatic rings. The number of furan rings is 1. The highest BCUT2D eigenvalue weighted by Gasteiger charge is 2.27. The quantitative estimate of drug-likeness (QED) is 0.779. The molecule has 1 unspecified atom stereocenters. The maximum Gasteiger partial charge on any atom is 0.0966 e. The molecule has 1 N–H and O–H groups in total. The Morgan fingerprint density at radius 2 is 2.08 bits per heavy atom. The monoisotopic (exact) mass is 182 g/mol. The standard InChI is InChI=1S/C11H18O2/c1-8(2)5-11(4,12)10-7-13-6-9(10)3/h6-8,12H,5H2,1-4H3. The molecule has 0 aliphatic heterocycles. The van der Waals surface area contributed by atoms with E-state index in [9.17, 15) is 5.11 Å². The molecular formula is C11H18O2. The molecule has 2 nitrogen and oxygen atoms in total. The van der Waals surface area contributed by atoms with Crippen molar-refractivity contribution in [2.75, 3.05) is 0 Å². The van der Waals surface area contributed by atoms with E-state index in [0.717, 1.165) is 17.5 Å². The van der Waals surface area contributed by atoms with Crippen LogP contribution in [-0.4, -0.2) is 5.11 Å². The lowest BCUT2D eigenvalue weighted by atomic mass is 9.87. The minimum Gasteiger partial charge on any atom is -0.472 e. The predicted octanol–water partition coefficient (Wildman–Crippen LogP) is 2.84. The van der Waals surface area contributed by atoms with Gasteiger partial charge in [-0.15, -0.1) is 0 Å². The van der Waals surface area contributed by atoms with Crippen molar-refractivity contribution in [3.63, 3.8) is 0 Å². The van der Waals surface area contributed by atoms with Crippen molar-refractivity contribution in [1.29, 1.82) is 0 Å². The van der Waals surface area contributed by atoms with E-state index in [1.807, 2.05) is 13.8 Å². The smallest absolute Gasteiger partial charge is 0.0966 e. The van der Waals surface area contributed by atoms with E-state index >= 15 is 0 Å². The fraction of sp³-hybridized carbons (Fsp3) is 0.636. The summed E-state index contributed by atoms with van der Waals surface area (Å²) in [6.07, 6.45) is 4.06. The Kier molecular flexibility index (Phi) is 2.81. The van der Waals surface area contributed by atoms with Crippen molar-refractivity contribution in [2.24, 2.45) is 5.92 Å². The van der Waals surface area contributed by atoms with Crippen molar-refractivity contribution in [1.82, 2.24) is 0 Å². The van der Waals surface area contributed by atoms with Gasteiger partial charge in [-0.3, -0.25) is 0 Å². The molecular weight excluding hydrogens is 164 g/mol. The van der Waals surface area contributed by atoms with Gasteiger partial charge in [0.1, 0.15) is 0 Å². The summed E-state index contributed by atoms with van der Waals surface area (Å²) in [6, 6.07) is 0. The zero-order valence-electron chi connectivity index (χ0n) is 8.79. The molecule has 74 valence electrons. The highest BCUT2D eigenvalue weighted by atomic mass is 16.3. The van der Waals surface area contributed by atoms with Crippen LogP contribution in [0.25, 0.3) is 0 Å². The molecule has 1 aromatic heterocycles. The third-order valence-electron chi connectivity index (χ3n) is 2.24. The first-order valence-corrected chi connectivity index (χ1v) is 4.69. The molecule has 0 aromatic carbocycles. The summed E-state index contributed by atoms with van der Waals surface area (Å²) in [5.41, 5.74) is 1.16. The van der Waals surface area contributed by atoms with Crippen LogP contribution in [0.2, 0.25) is 0 Å². The maximum absolute atomic E-state index is 10.2. The van der Waals surface area contributed by atoms with Crippen molar-refractivity contribution in [2.45, 2.75) is 39.7 Å². The van der Waals surface area contributed by atoms with Crippen molar-refractivity contribution < 1.29 is 9.52 Å². The first-order chi connectivity index (χ1) is 5.93. The third kappa shape index (κ3) is 2.34. The van der Waals surface area contributed by atoms with Crippen LogP contribution in [0.1, 0.15) is 38.3 Å². The number of hydrogen-bond donors (Lipinski definition) is 1. The topological polar surface area (TPSA) is 33.4 Å². The molecule has 0 aliphatic carbocycles. The van der Waals surface area contributed by atoms with Gasteiger partial charge in [-0.1, -0.05) is 13.8 Å². The average Bonchev–Trinajstić information content (AvgIpc) is 2.32. The number of aryl methyl sites for hydroxylation is 1. The maximum atomic E-state index is 10.2. The van der Waals surface area contributed by atoms with E-state index < -0.39 is 5.60 Å². The first kappa shape index (κ1) is 10.3. The van der Waals surface area contributed by atoms with Gasteiger partial charge in [0.2, 0.25) is 0 Å². The zero-order chi connectivity index (χ0) is 10.1. The van der Waals surface area contributed by atoms with Gasteiger partial charge in [0.25, 0.3) is 0 Å². The molecule has 0 bridgehead atoms. The van der Waals surface area contributed by atoms with E-state index in [2.05, 4.69) is 13.8 Å². The van der Waals surface area contributed by atoms with Crippen molar-refractivity contribution in [3.05, 3.63) is 23.7 Å². The predicted molar refractivity (Wildman–Crippen MR) is 52.5 cm³/mol. The van der Waals surface area contributed by atoms with Crippen LogP contribution in [0.3, 0.4) is 0 Å². The van der Waals surface area contributed by atoms with Crippen molar-refractivity contribution in [3.8, 4) is 0 Å². The van der Waals surface area contributed by atoms with Gasteiger partial charge < -0.3 is 9.52 Å². The minimum absolute atomic E-state index is 0.476. The lowest BCUT2D eigenvalue weighted by Crippen LogP contribution is -2.23. The summed E-state index contributed by atoms with van der Waals surface area (Å²) in [4.78, 5) is 0. The summed E-state index contributed by atoms with van der Waals surface area (Å²) in [6.45, 7) is 7.99. The average molecular weight is 182 g/mol. The highest BCUT2D eigenvalue weighted by Crippen LogP contribution is 2.30. The summed E-state index contributed by atoms with van der Waals surface area (Å²) in [5, 5.41) is 10.2. The molecule has 13 heavy (non-hydrogen) atoms. The van der Waals surface area contributed by atoms with Gasteiger partial charge in [-0.2, -0.15) is 0 Å². The Morgan fingerprint density at radius 3 is 2.46 bits per heavy atom. The van der Waals surface area contributed by atoms with E-state index in [0.29, 0.717) is 5.92 Å². The largest absolute Gasteiger partial charge is 0.472 e. The lowest BCUT2D eigenvalue weighted by Gasteiger charge is -2.24. The Bertz CT molecular complexity index is 271. The van der Waals surface area contributed by atoms with Gasteiger partial charge in [0.15, 0.2) is 0 Å². The van der Waals surface area contributed by atoms with Crippen LogP contribution in [0.4, 0.5) is 0 Å². The molecule has 1 rings (SSSR count). The van der Waals surface area contributed by atoms with Crippen LogP contribution in [0.15, 0.2) is 16.9 Å². The molecule has 0 saturated heterocycles. The second-order valence-corrected chi connectivity index (χ2v) is 4.34. The minimum atomic E-state index is -0.759. The van der Waals surface area contributed by atoms with Gasteiger partial charge in [-0.05, 0) is 31.7 Å². The zero-order valence-corrected chi connectivity index (χ0v) is 8.79. The SMILES string of the molecule is Cc1cocc1C(C)(O)CC(C)C. The van der Waals surface area contributed by atoms with Crippen LogP contribution in [-0.2, 0) is 5.60 Å². The molecule has 1 atom stereocenters. The Balaban J connectivity index is 2.87. The van der Waals surface area contributed by atoms with Gasteiger partial charge in [0.05, 0.1) is 18.1 Å². The molecule has 1 heterocycles. The van der Waals surface area contributed by atoms with Crippen LogP contribution < -0.4 is 0 Å². The molecule has 0 spiro atoms. The summed E-state index contributed by atoms with van der Waals surface area (Å²) < 4.78 is 5.05. The molecule has 2 heteroatoms. The normalized spacial score (nSPS) is 16.2. The molecule has 1 aromatic rings. The van der Waals surface area contributed by atoms with E-state index in [1.54, 1.807) is 12.5 Å². The van der Waals surface area contributed by atoms with Crippen LogP contribution in [0, 0.1) is 12.8 Å². The van der Waals surface area contributed by atoms with E-state index in [4.69, 9.17) is 4.42 Å². The molecule has 0 radical (unpaired) electrons.